The summed E-state index contributed by atoms with van der Waals surface area (Å²) in [5.74, 6) is -0.416. The molecule has 0 unspecified atom stereocenters. The summed E-state index contributed by atoms with van der Waals surface area (Å²) in [6.07, 6.45) is 1.03. The molecule has 22 heavy (non-hydrogen) atoms. The molecule has 0 fully saturated rings. The Balaban J connectivity index is 2.71. The van der Waals surface area contributed by atoms with Crippen molar-refractivity contribution >= 4 is 23.5 Å². The van der Waals surface area contributed by atoms with Crippen molar-refractivity contribution < 1.29 is 14.3 Å². The lowest BCUT2D eigenvalue weighted by molar-refractivity contribution is -0.140. The highest BCUT2D eigenvalue weighted by Gasteiger charge is 2.17. The van der Waals surface area contributed by atoms with Gasteiger partial charge in [0.15, 0.2) is 0 Å². The molecule has 0 heterocycles. The van der Waals surface area contributed by atoms with Crippen molar-refractivity contribution in [2.45, 2.75) is 12.8 Å². The summed E-state index contributed by atoms with van der Waals surface area (Å²) in [5.41, 5.74) is 0.569. The number of rotatable bonds is 8. The maximum Gasteiger partial charge on any atom is 0.307 e. The zero-order valence-corrected chi connectivity index (χ0v) is 14.1. The quantitative estimate of drug-likeness (QED) is 0.688. The van der Waals surface area contributed by atoms with Crippen LogP contribution in [0.1, 0.15) is 23.2 Å². The minimum atomic E-state index is -0.318. The first-order valence-corrected chi connectivity index (χ1v) is 7.58. The largest absolute Gasteiger partial charge is 0.469 e. The van der Waals surface area contributed by atoms with Crippen LogP contribution < -0.4 is 0 Å². The number of nitrogens with zero attached hydrogens (tertiary/aromatic N) is 2. The second-order valence-corrected chi connectivity index (χ2v) is 5.72. The summed E-state index contributed by atoms with van der Waals surface area (Å²) in [6, 6.07) is 6.77. The van der Waals surface area contributed by atoms with Crippen molar-refractivity contribution in [3.63, 3.8) is 0 Å². The number of methoxy groups -OCH3 is 1. The molecular weight excluding hydrogens is 304 g/mol. The Morgan fingerprint density at radius 1 is 1.09 bits per heavy atom. The van der Waals surface area contributed by atoms with Crippen LogP contribution in [-0.4, -0.2) is 62.5 Å². The average Bonchev–Trinajstić information content (AvgIpc) is 2.50. The molecule has 0 aromatic heterocycles. The van der Waals surface area contributed by atoms with Gasteiger partial charge < -0.3 is 14.5 Å². The average molecular weight is 327 g/mol. The highest BCUT2D eigenvalue weighted by Crippen LogP contribution is 2.12. The van der Waals surface area contributed by atoms with Gasteiger partial charge in [-0.1, -0.05) is 11.6 Å². The molecule has 0 saturated carbocycles. The molecule has 1 aromatic carbocycles. The Morgan fingerprint density at radius 3 is 2.27 bits per heavy atom. The van der Waals surface area contributed by atoms with E-state index in [2.05, 4.69) is 9.64 Å². The van der Waals surface area contributed by atoms with Crippen molar-refractivity contribution in [3.05, 3.63) is 34.9 Å². The number of carbonyl (C=O) groups is 2. The topological polar surface area (TPSA) is 49.9 Å². The van der Waals surface area contributed by atoms with Crippen LogP contribution in [0.4, 0.5) is 0 Å². The molecule has 6 heteroatoms. The predicted octanol–water partition coefficient (Wildman–Crippen LogP) is 2.30. The van der Waals surface area contributed by atoms with Gasteiger partial charge in [0.2, 0.25) is 0 Å². The minimum Gasteiger partial charge on any atom is -0.469 e. The number of halogens is 1. The molecule has 0 aliphatic carbocycles. The van der Waals surface area contributed by atoms with E-state index in [1.54, 1.807) is 29.2 Å². The van der Waals surface area contributed by atoms with Crippen LogP contribution in [0, 0.1) is 0 Å². The predicted molar refractivity (Wildman–Crippen MR) is 87.2 cm³/mol. The normalized spacial score (nSPS) is 10.6. The van der Waals surface area contributed by atoms with Crippen molar-refractivity contribution in [1.29, 1.82) is 0 Å². The lowest BCUT2D eigenvalue weighted by atomic mass is 10.2. The lowest BCUT2D eigenvalue weighted by Crippen LogP contribution is -2.35. The van der Waals surface area contributed by atoms with Gasteiger partial charge in [0, 0.05) is 23.7 Å². The standard InChI is InChI=1S/C16H23ClN2O3/c1-18(2)10-4-11-19(12-9-15(20)22-3)16(21)13-5-7-14(17)8-6-13/h5-8H,4,9-12H2,1-3H3. The van der Waals surface area contributed by atoms with E-state index < -0.39 is 0 Å². The van der Waals surface area contributed by atoms with E-state index >= 15 is 0 Å². The molecule has 1 rings (SSSR count). The third-order valence-electron chi connectivity index (χ3n) is 3.23. The first-order chi connectivity index (χ1) is 10.4. The minimum absolute atomic E-state index is 0.0978. The van der Waals surface area contributed by atoms with Crippen molar-refractivity contribution in [2.75, 3.05) is 40.8 Å². The summed E-state index contributed by atoms with van der Waals surface area (Å²) in [7, 11) is 5.32. The number of hydrogen-bond acceptors (Lipinski definition) is 4. The molecule has 0 radical (unpaired) electrons. The fraction of sp³-hybridized carbons (Fsp3) is 0.500. The number of carbonyl (C=O) groups excluding carboxylic acids is 2. The van der Waals surface area contributed by atoms with Crippen LogP contribution in [0.5, 0.6) is 0 Å². The Kier molecular flexibility index (Phi) is 7.91. The molecule has 5 nitrogen and oxygen atoms in total. The van der Waals surface area contributed by atoms with E-state index in [0.717, 1.165) is 13.0 Å². The van der Waals surface area contributed by atoms with Crippen LogP contribution >= 0.6 is 11.6 Å². The Morgan fingerprint density at radius 2 is 1.73 bits per heavy atom. The van der Waals surface area contributed by atoms with E-state index in [9.17, 15) is 9.59 Å². The van der Waals surface area contributed by atoms with E-state index in [0.29, 0.717) is 23.7 Å². The van der Waals surface area contributed by atoms with Gasteiger partial charge in [-0.2, -0.15) is 0 Å². The van der Waals surface area contributed by atoms with E-state index in [-0.39, 0.29) is 18.3 Å². The van der Waals surface area contributed by atoms with Gasteiger partial charge in [-0.3, -0.25) is 9.59 Å². The lowest BCUT2D eigenvalue weighted by Gasteiger charge is -2.23. The van der Waals surface area contributed by atoms with Gasteiger partial charge in [0.25, 0.3) is 5.91 Å². The van der Waals surface area contributed by atoms with Gasteiger partial charge in [0.1, 0.15) is 0 Å². The number of esters is 1. The van der Waals surface area contributed by atoms with Crippen LogP contribution in [0.2, 0.25) is 5.02 Å². The molecule has 0 aliphatic rings. The summed E-state index contributed by atoms with van der Waals surface area (Å²) in [4.78, 5) is 27.6. The smallest absolute Gasteiger partial charge is 0.307 e. The zero-order chi connectivity index (χ0) is 16.5. The van der Waals surface area contributed by atoms with Crippen molar-refractivity contribution in [3.8, 4) is 0 Å². The molecule has 0 atom stereocenters. The Labute approximate surface area is 136 Å². The zero-order valence-electron chi connectivity index (χ0n) is 13.3. The van der Waals surface area contributed by atoms with Gasteiger partial charge in [-0.25, -0.2) is 0 Å². The summed E-state index contributed by atoms with van der Waals surface area (Å²) < 4.78 is 4.64. The molecular formula is C16H23ClN2O3. The number of amides is 1. The molecule has 0 spiro atoms. The van der Waals surface area contributed by atoms with Crippen LogP contribution in [-0.2, 0) is 9.53 Å². The van der Waals surface area contributed by atoms with Crippen LogP contribution in [0.3, 0.4) is 0 Å². The fourth-order valence-electron chi connectivity index (χ4n) is 2.00. The van der Waals surface area contributed by atoms with E-state index in [1.807, 2.05) is 14.1 Å². The molecule has 0 N–H and O–H groups in total. The van der Waals surface area contributed by atoms with Gasteiger partial charge in [-0.15, -0.1) is 0 Å². The van der Waals surface area contributed by atoms with Gasteiger partial charge >= 0.3 is 5.97 Å². The van der Waals surface area contributed by atoms with Crippen molar-refractivity contribution in [2.24, 2.45) is 0 Å². The van der Waals surface area contributed by atoms with E-state index in [1.165, 1.54) is 7.11 Å². The number of hydrogen-bond donors (Lipinski definition) is 0. The summed E-state index contributed by atoms with van der Waals surface area (Å²) >= 11 is 5.84. The van der Waals surface area contributed by atoms with Crippen LogP contribution in [0.25, 0.3) is 0 Å². The van der Waals surface area contributed by atoms with Gasteiger partial charge in [-0.05, 0) is 51.3 Å². The Hall–Kier alpha value is -1.59. The third-order valence-corrected chi connectivity index (χ3v) is 3.48. The van der Waals surface area contributed by atoms with E-state index in [4.69, 9.17) is 11.6 Å². The highest BCUT2D eigenvalue weighted by atomic mass is 35.5. The molecule has 0 bridgehead atoms. The summed E-state index contributed by atoms with van der Waals surface area (Å²) in [5, 5.41) is 0.588. The Bertz CT molecular complexity index is 489. The summed E-state index contributed by atoms with van der Waals surface area (Å²) in [6.45, 7) is 1.82. The second-order valence-electron chi connectivity index (χ2n) is 5.28. The first-order valence-electron chi connectivity index (χ1n) is 7.20. The third kappa shape index (κ3) is 6.45. The van der Waals surface area contributed by atoms with Gasteiger partial charge in [0.05, 0.1) is 13.5 Å². The first kappa shape index (κ1) is 18.5. The SMILES string of the molecule is COC(=O)CCN(CCCN(C)C)C(=O)c1ccc(Cl)cc1. The maximum atomic E-state index is 12.5. The fourth-order valence-corrected chi connectivity index (χ4v) is 2.12. The number of benzene rings is 1. The number of ether oxygens (including phenoxy) is 1. The van der Waals surface area contributed by atoms with Crippen molar-refractivity contribution in [1.82, 2.24) is 9.80 Å². The second kappa shape index (κ2) is 9.43. The molecule has 0 aliphatic heterocycles. The molecule has 122 valence electrons. The highest BCUT2D eigenvalue weighted by molar-refractivity contribution is 6.30. The molecule has 0 saturated heterocycles. The monoisotopic (exact) mass is 326 g/mol. The molecule has 1 aromatic rings. The maximum absolute atomic E-state index is 12.5. The molecule has 1 amide bonds. The van der Waals surface area contributed by atoms with Crippen LogP contribution in [0.15, 0.2) is 24.3 Å².